The number of pyridine rings is 1. The molecule has 3 rings (SSSR count). The molecule has 0 radical (unpaired) electrons. The minimum absolute atomic E-state index is 0.140. The molecule has 0 N–H and O–H groups in total. The molecule has 0 bridgehead atoms. The molecule has 86 valence electrons. The maximum absolute atomic E-state index is 11.7. The number of carbonyl (C=O) groups excluding carboxylic acids is 1. The minimum atomic E-state index is 0.140. The summed E-state index contributed by atoms with van der Waals surface area (Å²) in [5, 5.41) is 1.32. The van der Waals surface area contributed by atoms with E-state index in [2.05, 4.69) is 9.97 Å². The van der Waals surface area contributed by atoms with E-state index in [-0.39, 0.29) is 5.78 Å². The van der Waals surface area contributed by atoms with Gasteiger partial charge in [0, 0.05) is 17.5 Å². The molecule has 5 heteroatoms. The summed E-state index contributed by atoms with van der Waals surface area (Å²) in [6, 6.07) is 3.57. The number of thiazole rings is 1. The van der Waals surface area contributed by atoms with Crippen LogP contribution in [0.1, 0.15) is 28.2 Å². The van der Waals surface area contributed by atoms with Crippen LogP contribution in [0.15, 0.2) is 18.3 Å². The number of aryl methyl sites for hydroxylation is 1. The summed E-state index contributed by atoms with van der Waals surface area (Å²) < 4.78 is 0. The standard InChI is InChI=1S/C12H9ClN2OS/c13-7-3-2-6-14-10(7)12-15-11-8(16)4-1-5-9(11)17-12/h2-3,6H,1,4-5H2. The molecule has 0 saturated heterocycles. The van der Waals surface area contributed by atoms with Gasteiger partial charge in [0.05, 0.1) is 5.02 Å². The highest BCUT2D eigenvalue weighted by atomic mass is 35.5. The maximum Gasteiger partial charge on any atom is 0.182 e. The Morgan fingerprint density at radius 3 is 2.94 bits per heavy atom. The molecule has 0 saturated carbocycles. The van der Waals surface area contributed by atoms with Crippen LogP contribution in [0.3, 0.4) is 0 Å². The summed E-state index contributed by atoms with van der Waals surface area (Å²) in [6.45, 7) is 0. The van der Waals surface area contributed by atoms with E-state index < -0.39 is 0 Å². The number of hydrogen-bond acceptors (Lipinski definition) is 4. The summed E-state index contributed by atoms with van der Waals surface area (Å²) >= 11 is 7.61. The van der Waals surface area contributed by atoms with Crippen LogP contribution < -0.4 is 0 Å². The van der Waals surface area contributed by atoms with Gasteiger partial charge in [-0.2, -0.15) is 0 Å². The molecule has 1 aliphatic carbocycles. The Morgan fingerprint density at radius 1 is 1.29 bits per heavy atom. The van der Waals surface area contributed by atoms with Crippen molar-refractivity contribution in [2.24, 2.45) is 0 Å². The molecule has 0 aromatic carbocycles. The summed E-state index contributed by atoms with van der Waals surface area (Å²) in [5.41, 5.74) is 1.29. The molecular formula is C12H9ClN2OS. The summed E-state index contributed by atoms with van der Waals surface area (Å²) in [6.07, 6.45) is 4.14. The molecule has 0 fully saturated rings. The highest BCUT2D eigenvalue weighted by molar-refractivity contribution is 7.15. The molecule has 0 atom stereocenters. The molecule has 2 aromatic rings. The van der Waals surface area contributed by atoms with Gasteiger partial charge in [0.15, 0.2) is 5.78 Å². The normalized spacial score (nSPS) is 14.8. The lowest BCUT2D eigenvalue weighted by Gasteiger charge is -2.06. The number of nitrogens with zero attached hydrogens (tertiary/aromatic N) is 2. The molecule has 0 unspecified atom stereocenters. The maximum atomic E-state index is 11.7. The zero-order chi connectivity index (χ0) is 11.8. The number of aromatic nitrogens is 2. The van der Waals surface area contributed by atoms with Gasteiger partial charge in [-0.1, -0.05) is 11.6 Å². The molecule has 2 heterocycles. The fourth-order valence-corrected chi connectivity index (χ4v) is 3.31. The largest absolute Gasteiger partial charge is 0.292 e. The predicted octanol–water partition coefficient (Wildman–Crippen LogP) is 3.38. The number of halogens is 1. The third-order valence-electron chi connectivity index (χ3n) is 2.73. The van der Waals surface area contributed by atoms with E-state index in [0.29, 0.717) is 22.8 Å². The first-order chi connectivity index (χ1) is 8.25. The first-order valence-electron chi connectivity index (χ1n) is 5.39. The number of fused-ring (bicyclic) bond motifs is 1. The topological polar surface area (TPSA) is 42.9 Å². The Kier molecular flexibility index (Phi) is 2.68. The van der Waals surface area contributed by atoms with E-state index in [4.69, 9.17) is 11.6 Å². The molecule has 1 aliphatic rings. The van der Waals surface area contributed by atoms with Crippen molar-refractivity contribution in [3.8, 4) is 10.7 Å². The Labute approximate surface area is 107 Å². The van der Waals surface area contributed by atoms with Crippen molar-refractivity contribution in [2.75, 3.05) is 0 Å². The van der Waals surface area contributed by atoms with Crippen LogP contribution in [0.5, 0.6) is 0 Å². The number of Topliss-reactive ketones (excluding diaryl/α,β-unsaturated/α-hetero) is 1. The van der Waals surface area contributed by atoms with E-state index in [1.807, 2.05) is 0 Å². The Bertz CT molecular complexity index is 594. The molecule has 2 aromatic heterocycles. The summed E-state index contributed by atoms with van der Waals surface area (Å²) in [4.78, 5) is 21.4. The average molecular weight is 265 g/mol. The van der Waals surface area contributed by atoms with Gasteiger partial charge in [0.25, 0.3) is 0 Å². The van der Waals surface area contributed by atoms with Crippen molar-refractivity contribution < 1.29 is 4.79 Å². The minimum Gasteiger partial charge on any atom is -0.292 e. The third-order valence-corrected chi connectivity index (χ3v) is 4.16. The molecule has 3 nitrogen and oxygen atoms in total. The zero-order valence-corrected chi connectivity index (χ0v) is 10.5. The molecule has 17 heavy (non-hydrogen) atoms. The van der Waals surface area contributed by atoms with Crippen LogP contribution in [0.2, 0.25) is 5.02 Å². The second kappa shape index (κ2) is 4.20. The number of rotatable bonds is 1. The fraction of sp³-hybridized carbons (Fsp3) is 0.250. The van der Waals surface area contributed by atoms with Gasteiger partial charge < -0.3 is 0 Å². The van der Waals surface area contributed by atoms with Crippen molar-refractivity contribution in [3.05, 3.63) is 33.9 Å². The fourth-order valence-electron chi connectivity index (χ4n) is 1.91. The van der Waals surface area contributed by atoms with E-state index in [1.54, 1.807) is 18.3 Å². The van der Waals surface area contributed by atoms with Crippen molar-refractivity contribution >= 4 is 28.7 Å². The van der Waals surface area contributed by atoms with Crippen LogP contribution >= 0.6 is 22.9 Å². The van der Waals surface area contributed by atoms with Gasteiger partial charge >= 0.3 is 0 Å². The predicted molar refractivity (Wildman–Crippen MR) is 67.6 cm³/mol. The molecule has 0 aliphatic heterocycles. The first-order valence-corrected chi connectivity index (χ1v) is 6.59. The third kappa shape index (κ3) is 1.87. The Morgan fingerprint density at radius 2 is 2.18 bits per heavy atom. The Hall–Kier alpha value is -1.26. The van der Waals surface area contributed by atoms with Crippen molar-refractivity contribution in [1.82, 2.24) is 9.97 Å². The Balaban J connectivity index is 2.11. The highest BCUT2D eigenvalue weighted by Crippen LogP contribution is 2.34. The lowest BCUT2D eigenvalue weighted by atomic mass is 10.0. The second-order valence-corrected chi connectivity index (χ2v) is 5.39. The summed E-state index contributed by atoms with van der Waals surface area (Å²) in [5.74, 6) is 0.140. The number of hydrogen-bond donors (Lipinski definition) is 0. The van der Waals surface area contributed by atoms with Crippen LogP contribution in [-0.4, -0.2) is 15.8 Å². The van der Waals surface area contributed by atoms with Crippen LogP contribution in [-0.2, 0) is 6.42 Å². The average Bonchev–Trinajstić information content (AvgIpc) is 2.75. The lowest BCUT2D eigenvalue weighted by molar-refractivity contribution is 0.0968. The van der Waals surface area contributed by atoms with Crippen LogP contribution in [0.25, 0.3) is 10.7 Å². The van der Waals surface area contributed by atoms with E-state index in [9.17, 15) is 4.79 Å². The van der Waals surface area contributed by atoms with Gasteiger partial charge in [-0.25, -0.2) is 4.98 Å². The smallest absolute Gasteiger partial charge is 0.182 e. The first kappa shape index (κ1) is 10.9. The monoisotopic (exact) mass is 264 g/mol. The molecular weight excluding hydrogens is 256 g/mol. The highest BCUT2D eigenvalue weighted by Gasteiger charge is 2.23. The van der Waals surface area contributed by atoms with Crippen LogP contribution in [0, 0.1) is 0 Å². The van der Waals surface area contributed by atoms with E-state index >= 15 is 0 Å². The lowest BCUT2D eigenvalue weighted by Crippen LogP contribution is -2.08. The summed E-state index contributed by atoms with van der Waals surface area (Å²) in [7, 11) is 0. The van der Waals surface area contributed by atoms with Crippen LogP contribution in [0.4, 0.5) is 0 Å². The van der Waals surface area contributed by atoms with Gasteiger partial charge in [-0.3, -0.25) is 9.78 Å². The number of ketones is 1. The van der Waals surface area contributed by atoms with Crippen molar-refractivity contribution in [1.29, 1.82) is 0 Å². The second-order valence-electron chi connectivity index (χ2n) is 3.90. The van der Waals surface area contributed by atoms with Gasteiger partial charge in [0.1, 0.15) is 16.4 Å². The van der Waals surface area contributed by atoms with Gasteiger partial charge in [-0.15, -0.1) is 11.3 Å². The van der Waals surface area contributed by atoms with E-state index in [1.165, 1.54) is 11.3 Å². The van der Waals surface area contributed by atoms with Gasteiger partial charge in [-0.05, 0) is 25.0 Å². The molecule has 0 amide bonds. The zero-order valence-electron chi connectivity index (χ0n) is 8.94. The van der Waals surface area contributed by atoms with E-state index in [0.717, 1.165) is 22.7 Å². The quantitative estimate of drug-likeness (QED) is 0.793. The van der Waals surface area contributed by atoms with Gasteiger partial charge in [0.2, 0.25) is 0 Å². The number of carbonyl (C=O) groups is 1. The SMILES string of the molecule is O=C1CCCc2sc(-c3ncccc3Cl)nc21. The van der Waals surface area contributed by atoms with Crippen molar-refractivity contribution in [3.63, 3.8) is 0 Å². The van der Waals surface area contributed by atoms with Crippen molar-refractivity contribution in [2.45, 2.75) is 19.3 Å². The molecule has 0 spiro atoms.